The molecule has 0 aromatic heterocycles. The Kier molecular flexibility index (Phi) is 2.37. The number of hydrogen-bond acceptors (Lipinski definition) is 5. The second-order valence-corrected chi connectivity index (χ2v) is 4.24. The van der Waals surface area contributed by atoms with Crippen molar-refractivity contribution in [3.63, 3.8) is 0 Å². The van der Waals surface area contributed by atoms with Crippen LogP contribution in [0.25, 0.3) is 11.1 Å². The van der Waals surface area contributed by atoms with Gasteiger partial charge in [-0.05, 0) is 12.1 Å². The Hall–Kier alpha value is -3.09. The minimum absolute atomic E-state index is 0.0322. The van der Waals surface area contributed by atoms with E-state index < -0.39 is 15.6 Å². The molecule has 0 aliphatic heterocycles. The van der Waals surface area contributed by atoms with E-state index in [2.05, 4.69) is 0 Å². The van der Waals surface area contributed by atoms with Crippen molar-refractivity contribution in [3.8, 4) is 11.1 Å². The lowest BCUT2D eigenvalue weighted by molar-refractivity contribution is -0.386. The van der Waals surface area contributed by atoms with Gasteiger partial charge in [0, 0.05) is 23.3 Å². The zero-order valence-corrected chi connectivity index (χ0v) is 9.90. The zero-order chi connectivity index (χ0) is 14.4. The largest absolute Gasteiger partial charge is 0.289 e. The molecule has 0 saturated carbocycles. The lowest BCUT2D eigenvalue weighted by Gasteiger charge is -2.02. The number of benzene rings is 2. The number of hydrogen-bond donors (Lipinski definition) is 0. The van der Waals surface area contributed by atoms with Gasteiger partial charge < -0.3 is 0 Å². The summed E-state index contributed by atoms with van der Waals surface area (Å²) in [6.07, 6.45) is 0. The molecule has 20 heavy (non-hydrogen) atoms. The van der Waals surface area contributed by atoms with E-state index in [1.54, 1.807) is 0 Å². The predicted octanol–water partition coefficient (Wildman–Crippen LogP) is 2.71. The highest BCUT2D eigenvalue weighted by molar-refractivity contribution is 6.24. The van der Waals surface area contributed by atoms with Crippen molar-refractivity contribution in [2.24, 2.45) is 0 Å². The van der Waals surface area contributed by atoms with Crippen molar-refractivity contribution >= 4 is 17.2 Å². The maximum absolute atomic E-state index is 12.2. The first-order chi connectivity index (χ1) is 9.52. The molecule has 2 aromatic carbocycles. The monoisotopic (exact) mass is 270 g/mol. The average Bonchev–Trinajstić information content (AvgIpc) is 2.72. The van der Waals surface area contributed by atoms with Crippen LogP contribution in [-0.2, 0) is 0 Å². The van der Waals surface area contributed by atoms with Gasteiger partial charge in [-0.3, -0.25) is 25.0 Å². The Morgan fingerprint density at radius 3 is 1.50 bits per heavy atom. The molecular formula is C13H6N2O5. The van der Waals surface area contributed by atoms with Crippen LogP contribution in [-0.4, -0.2) is 15.6 Å². The van der Waals surface area contributed by atoms with Crippen molar-refractivity contribution in [3.05, 3.63) is 67.8 Å². The number of carbonyl (C=O) groups excluding carboxylic acids is 1. The summed E-state index contributed by atoms with van der Waals surface area (Å²) >= 11 is 0. The highest BCUT2D eigenvalue weighted by atomic mass is 16.6. The Morgan fingerprint density at radius 1 is 0.750 bits per heavy atom. The first kappa shape index (κ1) is 12.0. The number of nitrogens with zero attached hydrogens (tertiary/aromatic N) is 2. The molecule has 1 aliphatic carbocycles. The molecule has 7 heteroatoms. The molecule has 0 saturated heterocycles. The van der Waals surface area contributed by atoms with E-state index in [0.29, 0.717) is 0 Å². The second-order valence-electron chi connectivity index (χ2n) is 4.24. The van der Waals surface area contributed by atoms with Crippen LogP contribution in [0.3, 0.4) is 0 Å². The van der Waals surface area contributed by atoms with Gasteiger partial charge in [0.1, 0.15) is 0 Å². The van der Waals surface area contributed by atoms with Crippen LogP contribution in [0.15, 0.2) is 36.4 Å². The van der Waals surface area contributed by atoms with Crippen molar-refractivity contribution in [2.45, 2.75) is 0 Å². The molecule has 0 heterocycles. The average molecular weight is 270 g/mol. The maximum Gasteiger partial charge on any atom is 0.278 e. The summed E-state index contributed by atoms with van der Waals surface area (Å²) in [4.78, 5) is 33.1. The standard InChI is InChI=1S/C13H6N2O5/c16-13-7-3-1-5-9(14(17)18)11(7)12-8(13)4-2-6-10(12)15(19)20/h1-6H. The van der Waals surface area contributed by atoms with Crippen molar-refractivity contribution < 1.29 is 14.6 Å². The molecule has 3 rings (SSSR count). The molecule has 0 amide bonds. The van der Waals surface area contributed by atoms with Gasteiger partial charge >= 0.3 is 0 Å². The summed E-state index contributed by atoms with van der Waals surface area (Å²) in [5, 5.41) is 22.2. The Balaban J connectivity index is 2.46. The number of rotatable bonds is 2. The number of carbonyl (C=O) groups is 1. The maximum atomic E-state index is 12.2. The quantitative estimate of drug-likeness (QED) is 0.526. The van der Waals surface area contributed by atoms with E-state index in [4.69, 9.17) is 0 Å². The van der Waals surface area contributed by atoms with Crippen LogP contribution in [0.5, 0.6) is 0 Å². The smallest absolute Gasteiger partial charge is 0.278 e. The Labute approximate surface area is 111 Å². The van der Waals surface area contributed by atoms with Crippen molar-refractivity contribution in [1.82, 2.24) is 0 Å². The molecule has 0 fully saturated rings. The van der Waals surface area contributed by atoms with Crippen LogP contribution in [0.1, 0.15) is 15.9 Å². The third kappa shape index (κ3) is 1.43. The van der Waals surface area contributed by atoms with Gasteiger partial charge in [-0.2, -0.15) is 0 Å². The van der Waals surface area contributed by atoms with E-state index in [-0.39, 0.29) is 33.6 Å². The van der Waals surface area contributed by atoms with Crippen molar-refractivity contribution in [2.75, 3.05) is 0 Å². The number of nitro benzene ring substituents is 2. The minimum atomic E-state index is -0.641. The highest BCUT2D eigenvalue weighted by Crippen LogP contribution is 2.46. The van der Waals surface area contributed by atoms with Gasteiger partial charge in [-0.25, -0.2) is 0 Å². The van der Waals surface area contributed by atoms with Crippen LogP contribution >= 0.6 is 0 Å². The number of fused-ring (bicyclic) bond motifs is 3. The summed E-state index contributed by atoms with van der Waals surface area (Å²) < 4.78 is 0. The summed E-state index contributed by atoms with van der Waals surface area (Å²) in [5.74, 6) is -0.428. The number of ketones is 1. The van der Waals surface area contributed by atoms with Gasteiger partial charge in [-0.15, -0.1) is 0 Å². The normalized spacial score (nSPS) is 11.9. The molecular weight excluding hydrogens is 264 g/mol. The fourth-order valence-corrected chi connectivity index (χ4v) is 2.43. The summed E-state index contributed by atoms with van der Waals surface area (Å²) in [5.41, 5.74) is -0.283. The fraction of sp³-hybridized carbons (Fsp3) is 0. The molecule has 0 N–H and O–H groups in total. The first-order valence-electron chi connectivity index (χ1n) is 5.62. The topological polar surface area (TPSA) is 103 Å². The molecule has 0 radical (unpaired) electrons. The summed E-state index contributed by atoms with van der Waals surface area (Å²) in [7, 11) is 0. The van der Waals surface area contributed by atoms with Crippen LogP contribution in [0.2, 0.25) is 0 Å². The van der Waals surface area contributed by atoms with Gasteiger partial charge in [0.25, 0.3) is 11.4 Å². The molecule has 0 unspecified atom stereocenters. The molecule has 0 spiro atoms. The van der Waals surface area contributed by atoms with Crippen LogP contribution in [0, 0.1) is 20.2 Å². The minimum Gasteiger partial charge on any atom is -0.289 e. The van der Waals surface area contributed by atoms with E-state index in [9.17, 15) is 25.0 Å². The first-order valence-corrected chi connectivity index (χ1v) is 5.62. The second kappa shape index (κ2) is 3.95. The third-order valence-electron chi connectivity index (χ3n) is 3.22. The van der Waals surface area contributed by atoms with Gasteiger partial charge in [-0.1, -0.05) is 12.1 Å². The lowest BCUT2D eigenvalue weighted by Crippen LogP contribution is -1.96. The highest BCUT2D eigenvalue weighted by Gasteiger charge is 2.37. The number of nitro groups is 2. The predicted molar refractivity (Wildman–Crippen MR) is 68.6 cm³/mol. The van der Waals surface area contributed by atoms with Crippen LogP contribution in [0.4, 0.5) is 11.4 Å². The van der Waals surface area contributed by atoms with Crippen molar-refractivity contribution in [1.29, 1.82) is 0 Å². The van der Waals surface area contributed by atoms with Gasteiger partial charge in [0.05, 0.1) is 21.0 Å². The van der Waals surface area contributed by atoms with E-state index in [1.165, 1.54) is 36.4 Å². The Bertz CT molecular complexity index is 732. The van der Waals surface area contributed by atoms with E-state index >= 15 is 0 Å². The zero-order valence-electron chi connectivity index (χ0n) is 9.90. The third-order valence-corrected chi connectivity index (χ3v) is 3.22. The molecule has 1 aliphatic rings. The molecule has 0 bridgehead atoms. The Morgan fingerprint density at radius 2 is 1.15 bits per heavy atom. The fourth-order valence-electron chi connectivity index (χ4n) is 2.43. The SMILES string of the molecule is O=C1c2cccc([N+](=O)[O-])c2-c2c1cccc2[N+](=O)[O-]. The molecule has 2 aromatic rings. The summed E-state index contributed by atoms with van der Waals surface area (Å²) in [6.45, 7) is 0. The van der Waals surface area contributed by atoms with Crippen LogP contribution < -0.4 is 0 Å². The van der Waals surface area contributed by atoms with E-state index in [0.717, 1.165) is 0 Å². The molecule has 98 valence electrons. The molecule has 0 atom stereocenters. The lowest BCUT2D eigenvalue weighted by atomic mass is 10.0. The summed E-state index contributed by atoms with van der Waals surface area (Å²) in [6, 6.07) is 8.14. The molecule has 7 nitrogen and oxygen atoms in total. The van der Waals surface area contributed by atoms with E-state index in [1.807, 2.05) is 0 Å². The van der Waals surface area contributed by atoms with Gasteiger partial charge in [0.2, 0.25) is 0 Å². The van der Waals surface area contributed by atoms with Gasteiger partial charge in [0.15, 0.2) is 5.78 Å².